The Kier molecular flexibility index (Phi) is 5.68. The average molecular weight is 404 g/mol. The van der Waals surface area contributed by atoms with Crippen LogP contribution in [0.4, 0.5) is 0 Å². The molecule has 0 atom stereocenters. The number of hydrogen-bond donors (Lipinski definition) is 0. The Labute approximate surface area is 175 Å². The normalized spacial score (nSPS) is 11.5. The first kappa shape index (κ1) is 19.3. The summed E-state index contributed by atoms with van der Waals surface area (Å²) in [6, 6.07) is 21.9. The Morgan fingerprint density at radius 1 is 1.00 bits per heavy atom. The third-order valence-electron chi connectivity index (χ3n) is 5.11. The summed E-state index contributed by atoms with van der Waals surface area (Å²) >= 11 is 5.92. The molecular formula is C25H22ClNO2. The molecule has 4 heteroatoms. The molecule has 0 bridgehead atoms. The first-order valence-electron chi connectivity index (χ1n) is 9.64. The minimum absolute atomic E-state index is 0.0303. The van der Waals surface area contributed by atoms with Gasteiger partial charge in [-0.05, 0) is 60.5 Å². The number of rotatable bonds is 7. The molecule has 146 valence electrons. The standard InChI is InChI=1S/C25H22ClNO2/c1-29-20-11-9-19(10-12-20)25(28)14-8-18-7-13-24-22(17-18)21-5-2-3-6-23(21)27(24)16-4-15-26/h2-3,5-14,17H,4,15-16H2,1H3/b14-8+. The number of para-hydroxylation sites is 1. The van der Waals surface area contributed by atoms with Crippen LogP contribution in [-0.2, 0) is 6.54 Å². The van der Waals surface area contributed by atoms with Crippen LogP contribution in [0.5, 0.6) is 5.75 Å². The zero-order valence-electron chi connectivity index (χ0n) is 16.3. The molecular weight excluding hydrogens is 382 g/mol. The Morgan fingerprint density at radius 2 is 1.76 bits per heavy atom. The zero-order valence-corrected chi connectivity index (χ0v) is 17.0. The molecule has 0 saturated carbocycles. The number of nitrogens with zero attached hydrogens (tertiary/aromatic N) is 1. The van der Waals surface area contributed by atoms with E-state index in [1.54, 1.807) is 37.5 Å². The Bertz CT molecular complexity index is 1190. The van der Waals surface area contributed by atoms with Gasteiger partial charge in [0.25, 0.3) is 0 Å². The second-order valence-electron chi connectivity index (χ2n) is 6.91. The summed E-state index contributed by atoms with van der Waals surface area (Å²) in [7, 11) is 1.61. The molecule has 0 amide bonds. The number of ether oxygens (including phenoxy) is 1. The fourth-order valence-electron chi connectivity index (χ4n) is 3.66. The molecule has 1 heterocycles. The molecule has 1 aromatic heterocycles. The maximum Gasteiger partial charge on any atom is 0.185 e. The third-order valence-corrected chi connectivity index (χ3v) is 5.38. The monoisotopic (exact) mass is 403 g/mol. The van der Waals surface area contributed by atoms with Crippen molar-refractivity contribution >= 4 is 45.3 Å². The summed E-state index contributed by atoms with van der Waals surface area (Å²) in [5.41, 5.74) is 4.04. The molecule has 0 aliphatic carbocycles. The fraction of sp³-hybridized carbons (Fsp3) is 0.160. The Hall–Kier alpha value is -3.04. The van der Waals surface area contributed by atoms with Gasteiger partial charge in [-0.25, -0.2) is 0 Å². The highest BCUT2D eigenvalue weighted by atomic mass is 35.5. The van der Waals surface area contributed by atoms with Crippen LogP contribution in [0.3, 0.4) is 0 Å². The Morgan fingerprint density at radius 3 is 2.52 bits per heavy atom. The molecule has 29 heavy (non-hydrogen) atoms. The van der Waals surface area contributed by atoms with Gasteiger partial charge in [0.15, 0.2) is 5.78 Å². The number of ketones is 1. The van der Waals surface area contributed by atoms with Gasteiger partial charge in [0.1, 0.15) is 5.75 Å². The van der Waals surface area contributed by atoms with E-state index >= 15 is 0 Å². The number of hydrogen-bond acceptors (Lipinski definition) is 2. The summed E-state index contributed by atoms with van der Waals surface area (Å²) in [5, 5.41) is 2.41. The predicted molar refractivity (Wildman–Crippen MR) is 121 cm³/mol. The molecule has 0 N–H and O–H groups in total. The Balaban J connectivity index is 1.67. The molecule has 4 aromatic rings. The number of halogens is 1. The lowest BCUT2D eigenvalue weighted by Gasteiger charge is -2.06. The van der Waals surface area contributed by atoms with E-state index in [-0.39, 0.29) is 5.78 Å². The topological polar surface area (TPSA) is 31.2 Å². The van der Waals surface area contributed by atoms with Crippen molar-refractivity contribution in [3.05, 3.63) is 83.9 Å². The van der Waals surface area contributed by atoms with E-state index in [0.29, 0.717) is 11.4 Å². The third kappa shape index (κ3) is 3.92. The number of carbonyl (C=O) groups excluding carboxylic acids is 1. The lowest BCUT2D eigenvalue weighted by atomic mass is 10.1. The van der Waals surface area contributed by atoms with E-state index in [9.17, 15) is 4.79 Å². The number of alkyl halides is 1. The van der Waals surface area contributed by atoms with Crippen molar-refractivity contribution in [1.82, 2.24) is 4.57 Å². The molecule has 0 aliphatic heterocycles. The van der Waals surface area contributed by atoms with Crippen molar-refractivity contribution in [2.75, 3.05) is 13.0 Å². The van der Waals surface area contributed by atoms with E-state index in [2.05, 4.69) is 47.0 Å². The first-order chi connectivity index (χ1) is 14.2. The highest BCUT2D eigenvalue weighted by molar-refractivity contribution is 6.17. The van der Waals surface area contributed by atoms with E-state index in [4.69, 9.17) is 16.3 Å². The quantitative estimate of drug-likeness (QED) is 0.205. The summed E-state index contributed by atoms with van der Waals surface area (Å²) < 4.78 is 7.46. The van der Waals surface area contributed by atoms with Gasteiger partial charge in [-0.15, -0.1) is 11.6 Å². The largest absolute Gasteiger partial charge is 0.497 e. The second-order valence-corrected chi connectivity index (χ2v) is 7.29. The number of aryl methyl sites for hydroxylation is 1. The van der Waals surface area contributed by atoms with Crippen molar-refractivity contribution in [2.45, 2.75) is 13.0 Å². The van der Waals surface area contributed by atoms with Gasteiger partial charge < -0.3 is 9.30 Å². The van der Waals surface area contributed by atoms with Gasteiger partial charge in [-0.2, -0.15) is 0 Å². The molecule has 3 aromatic carbocycles. The van der Waals surface area contributed by atoms with Crippen LogP contribution in [0.1, 0.15) is 22.3 Å². The van der Waals surface area contributed by atoms with Gasteiger partial charge in [-0.3, -0.25) is 4.79 Å². The summed E-state index contributed by atoms with van der Waals surface area (Å²) in [6.07, 6.45) is 4.42. The van der Waals surface area contributed by atoms with Crippen LogP contribution in [0.2, 0.25) is 0 Å². The number of carbonyl (C=O) groups is 1. The van der Waals surface area contributed by atoms with Gasteiger partial charge >= 0.3 is 0 Å². The molecule has 0 radical (unpaired) electrons. The maximum atomic E-state index is 12.5. The lowest BCUT2D eigenvalue weighted by molar-refractivity contribution is 0.104. The number of benzene rings is 3. The minimum atomic E-state index is -0.0303. The maximum absolute atomic E-state index is 12.5. The van der Waals surface area contributed by atoms with Crippen molar-refractivity contribution in [3.63, 3.8) is 0 Å². The summed E-state index contributed by atoms with van der Waals surface area (Å²) in [6.45, 7) is 0.888. The minimum Gasteiger partial charge on any atom is -0.497 e. The van der Waals surface area contributed by atoms with E-state index < -0.39 is 0 Å². The summed E-state index contributed by atoms with van der Waals surface area (Å²) in [4.78, 5) is 12.5. The highest BCUT2D eigenvalue weighted by Gasteiger charge is 2.10. The van der Waals surface area contributed by atoms with Crippen LogP contribution in [0, 0.1) is 0 Å². The lowest BCUT2D eigenvalue weighted by Crippen LogP contribution is -1.98. The first-order valence-corrected chi connectivity index (χ1v) is 10.2. The van der Waals surface area contributed by atoms with Gasteiger partial charge in [0, 0.05) is 39.8 Å². The fourth-order valence-corrected chi connectivity index (χ4v) is 3.78. The van der Waals surface area contributed by atoms with Crippen molar-refractivity contribution in [1.29, 1.82) is 0 Å². The second kappa shape index (κ2) is 8.54. The van der Waals surface area contributed by atoms with Crippen LogP contribution < -0.4 is 4.74 Å². The average Bonchev–Trinajstić information content (AvgIpc) is 3.09. The molecule has 4 rings (SSSR count). The van der Waals surface area contributed by atoms with Crippen LogP contribution >= 0.6 is 11.6 Å². The molecule has 0 unspecified atom stereocenters. The number of fused-ring (bicyclic) bond motifs is 3. The van der Waals surface area contributed by atoms with Gasteiger partial charge in [0.2, 0.25) is 0 Å². The van der Waals surface area contributed by atoms with Crippen LogP contribution in [0.15, 0.2) is 72.8 Å². The van der Waals surface area contributed by atoms with E-state index in [1.807, 2.05) is 6.08 Å². The predicted octanol–water partition coefficient (Wildman–Crippen LogP) is 6.33. The number of methoxy groups -OCH3 is 1. The number of aromatic nitrogens is 1. The highest BCUT2D eigenvalue weighted by Crippen LogP contribution is 2.30. The smallest absolute Gasteiger partial charge is 0.185 e. The van der Waals surface area contributed by atoms with Gasteiger partial charge in [-0.1, -0.05) is 30.3 Å². The van der Waals surface area contributed by atoms with Crippen molar-refractivity contribution < 1.29 is 9.53 Å². The van der Waals surface area contributed by atoms with Crippen molar-refractivity contribution in [3.8, 4) is 5.75 Å². The SMILES string of the molecule is COc1ccc(C(=O)/C=C/c2ccc3c(c2)c2ccccc2n3CCCCl)cc1. The van der Waals surface area contributed by atoms with E-state index in [1.165, 1.54) is 21.8 Å². The molecule has 0 saturated heterocycles. The van der Waals surface area contributed by atoms with E-state index in [0.717, 1.165) is 24.3 Å². The van der Waals surface area contributed by atoms with Gasteiger partial charge in [0.05, 0.1) is 7.11 Å². The molecule has 0 fully saturated rings. The summed E-state index contributed by atoms with van der Waals surface area (Å²) in [5.74, 6) is 1.35. The zero-order chi connectivity index (χ0) is 20.2. The number of allylic oxidation sites excluding steroid dienone is 1. The van der Waals surface area contributed by atoms with Crippen molar-refractivity contribution in [2.24, 2.45) is 0 Å². The molecule has 3 nitrogen and oxygen atoms in total. The van der Waals surface area contributed by atoms with Crippen LogP contribution in [0.25, 0.3) is 27.9 Å². The van der Waals surface area contributed by atoms with Crippen LogP contribution in [-0.4, -0.2) is 23.3 Å². The molecule has 0 aliphatic rings. The molecule has 0 spiro atoms.